The molecule has 1 saturated carbocycles. The van der Waals surface area contributed by atoms with Gasteiger partial charge in [0.1, 0.15) is 0 Å². The molecule has 1 fully saturated rings. The molecule has 10 heteroatoms. The van der Waals surface area contributed by atoms with Gasteiger partial charge in [0.25, 0.3) is 0 Å². The van der Waals surface area contributed by atoms with Gasteiger partial charge in [0.05, 0.1) is 4.90 Å². The van der Waals surface area contributed by atoms with E-state index in [9.17, 15) is 13.2 Å². The summed E-state index contributed by atoms with van der Waals surface area (Å²) >= 11 is 0. The van der Waals surface area contributed by atoms with E-state index in [1.165, 1.54) is 24.3 Å². The van der Waals surface area contributed by atoms with Crippen LogP contribution in [0.4, 0.5) is 4.79 Å². The number of aromatic nitrogens is 4. The number of nitrogens with one attached hydrogen (secondary N) is 1. The summed E-state index contributed by atoms with van der Waals surface area (Å²) < 4.78 is 28.2. The summed E-state index contributed by atoms with van der Waals surface area (Å²) in [7, 11) is -3.60. The zero-order valence-electron chi connectivity index (χ0n) is 12.8. The van der Waals surface area contributed by atoms with Gasteiger partial charge < -0.3 is 5.11 Å². The van der Waals surface area contributed by atoms with E-state index in [2.05, 4.69) is 20.2 Å². The molecule has 2 aromatic rings. The van der Waals surface area contributed by atoms with Gasteiger partial charge in [-0.15, -0.1) is 9.78 Å². The van der Waals surface area contributed by atoms with Crippen molar-refractivity contribution in [1.82, 2.24) is 24.9 Å². The fourth-order valence-electron chi connectivity index (χ4n) is 2.79. The van der Waals surface area contributed by atoms with Crippen LogP contribution in [0, 0.1) is 0 Å². The zero-order valence-corrected chi connectivity index (χ0v) is 13.6. The highest BCUT2D eigenvalue weighted by Crippen LogP contribution is 2.22. The molecule has 0 radical (unpaired) electrons. The van der Waals surface area contributed by atoms with E-state index >= 15 is 0 Å². The molecule has 24 heavy (non-hydrogen) atoms. The van der Waals surface area contributed by atoms with Crippen LogP contribution in [0.2, 0.25) is 0 Å². The van der Waals surface area contributed by atoms with Crippen molar-refractivity contribution in [3.05, 3.63) is 24.3 Å². The molecule has 128 valence electrons. The molecule has 0 aliphatic heterocycles. The monoisotopic (exact) mass is 351 g/mol. The van der Waals surface area contributed by atoms with E-state index in [1.807, 2.05) is 0 Å². The average molecular weight is 351 g/mol. The maximum atomic E-state index is 12.4. The van der Waals surface area contributed by atoms with Crippen LogP contribution in [0.3, 0.4) is 0 Å². The topological polar surface area (TPSA) is 127 Å². The number of tetrazole rings is 1. The Labute approximate surface area is 138 Å². The lowest BCUT2D eigenvalue weighted by atomic mass is 9.96. The average Bonchev–Trinajstić information content (AvgIpc) is 3.05. The maximum Gasteiger partial charge on any atom is 0.435 e. The molecular weight excluding hydrogens is 334 g/mol. The number of nitrogens with zero attached hydrogens (tertiary/aromatic N) is 4. The van der Waals surface area contributed by atoms with Crippen molar-refractivity contribution in [3.63, 3.8) is 0 Å². The van der Waals surface area contributed by atoms with Gasteiger partial charge in [0.15, 0.2) is 5.82 Å². The first-order chi connectivity index (χ1) is 11.5. The molecule has 1 heterocycles. The van der Waals surface area contributed by atoms with E-state index in [4.69, 9.17) is 5.11 Å². The second-order valence-electron chi connectivity index (χ2n) is 5.68. The lowest BCUT2D eigenvalue weighted by Gasteiger charge is -2.22. The van der Waals surface area contributed by atoms with Gasteiger partial charge in [-0.1, -0.05) is 19.3 Å². The Hall–Kier alpha value is -2.33. The van der Waals surface area contributed by atoms with Gasteiger partial charge in [-0.05, 0) is 47.5 Å². The molecular formula is C14H17N5O4S. The van der Waals surface area contributed by atoms with E-state index in [1.54, 1.807) is 0 Å². The molecule has 0 spiro atoms. The first-order valence-electron chi connectivity index (χ1n) is 7.62. The molecule has 2 N–H and O–H groups in total. The quantitative estimate of drug-likeness (QED) is 0.799. The lowest BCUT2D eigenvalue weighted by molar-refractivity contribution is 0.192. The number of hydrogen-bond acceptors (Lipinski definition) is 6. The van der Waals surface area contributed by atoms with Crippen LogP contribution >= 0.6 is 0 Å². The highest BCUT2D eigenvalue weighted by atomic mass is 32.2. The molecule has 0 amide bonds. The molecule has 1 aliphatic carbocycles. The van der Waals surface area contributed by atoms with Crippen LogP contribution in [0.1, 0.15) is 32.1 Å². The van der Waals surface area contributed by atoms with Gasteiger partial charge in [-0.2, -0.15) is 0 Å². The summed E-state index contributed by atoms with van der Waals surface area (Å²) in [5.74, 6) is 0.0340. The Kier molecular flexibility index (Phi) is 4.58. The maximum absolute atomic E-state index is 12.4. The summed E-state index contributed by atoms with van der Waals surface area (Å²) in [5, 5.41) is 19.3. The predicted molar refractivity (Wildman–Crippen MR) is 83.9 cm³/mol. The Morgan fingerprint density at radius 1 is 1.17 bits per heavy atom. The molecule has 1 aromatic carbocycles. The third-order valence-electron chi connectivity index (χ3n) is 4.00. The fraction of sp³-hybridized carbons (Fsp3) is 0.429. The molecule has 9 nitrogen and oxygen atoms in total. The van der Waals surface area contributed by atoms with Crippen molar-refractivity contribution in [3.8, 4) is 11.4 Å². The Balaban J connectivity index is 1.80. The number of carbonyl (C=O) groups is 1. The smallest absolute Gasteiger partial charge is 0.435 e. The van der Waals surface area contributed by atoms with Crippen molar-refractivity contribution in [2.45, 2.75) is 43.0 Å². The number of rotatable bonds is 4. The third-order valence-corrected chi connectivity index (χ3v) is 5.54. The fourth-order valence-corrected chi connectivity index (χ4v) is 4.09. The van der Waals surface area contributed by atoms with Gasteiger partial charge in [-0.25, -0.2) is 17.9 Å². The normalized spacial score (nSPS) is 16.2. The van der Waals surface area contributed by atoms with Crippen LogP contribution < -0.4 is 4.72 Å². The molecule has 1 aliphatic rings. The summed E-state index contributed by atoms with van der Waals surface area (Å²) in [6.07, 6.45) is 3.60. The van der Waals surface area contributed by atoms with Gasteiger partial charge in [-0.3, -0.25) is 0 Å². The first-order valence-corrected chi connectivity index (χ1v) is 9.10. The van der Waals surface area contributed by atoms with Crippen molar-refractivity contribution in [2.75, 3.05) is 0 Å². The van der Waals surface area contributed by atoms with Gasteiger partial charge >= 0.3 is 6.09 Å². The van der Waals surface area contributed by atoms with Crippen molar-refractivity contribution >= 4 is 16.1 Å². The largest absolute Gasteiger partial charge is 0.463 e. The predicted octanol–water partition coefficient (Wildman–Crippen LogP) is 1.48. The van der Waals surface area contributed by atoms with Crippen LogP contribution in [0.5, 0.6) is 0 Å². The molecule has 1 aromatic heterocycles. The number of sulfonamides is 1. The summed E-state index contributed by atoms with van der Waals surface area (Å²) in [4.78, 5) is 11.1. The SMILES string of the molecule is O=C(O)n1nnnc1-c1ccc(S(=O)(=O)NC2CCCCC2)cc1. The standard InChI is InChI=1S/C14H17N5O4S/c20-14(21)19-13(15-17-18-19)10-6-8-12(9-7-10)24(22,23)16-11-4-2-1-3-5-11/h6-9,11,16H,1-5H2,(H,20,21). The summed E-state index contributed by atoms with van der Waals surface area (Å²) in [5.41, 5.74) is 0.416. The minimum atomic E-state index is -3.60. The van der Waals surface area contributed by atoms with Crippen molar-refractivity contribution < 1.29 is 18.3 Å². The third kappa shape index (κ3) is 3.44. The van der Waals surface area contributed by atoms with Crippen molar-refractivity contribution in [1.29, 1.82) is 0 Å². The minimum absolute atomic E-state index is 0.0252. The highest BCUT2D eigenvalue weighted by molar-refractivity contribution is 7.89. The number of carboxylic acid groups (broad SMARTS) is 1. The van der Waals surface area contributed by atoms with Gasteiger partial charge in [0.2, 0.25) is 10.0 Å². The van der Waals surface area contributed by atoms with Crippen LogP contribution in [0.25, 0.3) is 11.4 Å². The van der Waals surface area contributed by atoms with Crippen molar-refractivity contribution in [2.24, 2.45) is 0 Å². The first kappa shape index (κ1) is 16.5. The number of hydrogen-bond donors (Lipinski definition) is 2. The van der Waals surface area contributed by atoms with E-state index in [0.29, 0.717) is 10.2 Å². The van der Waals surface area contributed by atoms with E-state index in [0.717, 1.165) is 32.1 Å². The lowest BCUT2D eigenvalue weighted by Crippen LogP contribution is -2.36. The van der Waals surface area contributed by atoms with Crippen LogP contribution in [-0.4, -0.2) is 45.9 Å². The van der Waals surface area contributed by atoms with E-state index < -0.39 is 16.1 Å². The molecule has 3 rings (SSSR count). The Morgan fingerprint density at radius 3 is 2.46 bits per heavy atom. The minimum Gasteiger partial charge on any atom is -0.463 e. The molecule has 0 bridgehead atoms. The Morgan fingerprint density at radius 2 is 1.83 bits per heavy atom. The van der Waals surface area contributed by atoms with Crippen LogP contribution in [0.15, 0.2) is 29.2 Å². The molecule has 0 saturated heterocycles. The molecule has 0 unspecified atom stereocenters. The second kappa shape index (κ2) is 6.65. The van der Waals surface area contributed by atoms with Crippen LogP contribution in [-0.2, 0) is 10.0 Å². The summed E-state index contributed by atoms with van der Waals surface area (Å²) in [6.45, 7) is 0. The highest BCUT2D eigenvalue weighted by Gasteiger charge is 2.22. The Bertz CT molecular complexity index is 825. The van der Waals surface area contributed by atoms with Gasteiger partial charge in [0, 0.05) is 11.6 Å². The zero-order chi connectivity index (χ0) is 17.2. The second-order valence-corrected chi connectivity index (χ2v) is 7.39. The number of benzene rings is 1. The molecule has 0 atom stereocenters. The van der Waals surface area contributed by atoms with E-state index in [-0.39, 0.29) is 16.8 Å². The summed E-state index contributed by atoms with van der Waals surface area (Å²) in [6, 6.07) is 5.78.